The van der Waals surface area contributed by atoms with E-state index in [1.165, 1.54) is 0 Å². The summed E-state index contributed by atoms with van der Waals surface area (Å²) in [4.78, 5) is 0. The lowest BCUT2D eigenvalue weighted by Gasteiger charge is -2.25. The predicted molar refractivity (Wildman–Crippen MR) is 43.7 cm³/mol. The van der Waals surface area contributed by atoms with Crippen LogP contribution in [-0.4, -0.2) is 19.8 Å². The van der Waals surface area contributed by atoms with E-state index >= 15 is 0 Å². The molecule has 0 heterocycles. The molecule has 2 unspecified atom stereocenters. The SMILES string of the molecule is CCCCC(COC)[NH+](N)[O-]. The number of hydroxylamine groups is 1. The molecule has 0 aliphatic rings. The molecule has 0 aromatic heterocycles. The van der Waals surface area contributed by atoms with E-state index < -0.39 is 0 Å². The van der Waals surface area contributed by atoms with Crippen LogP contribution in [-0.2, 0) is 4.74 Å². The first-order valence-corrected chi connectivity index (χ1v) is 4.00. The van der Waals surface area contributed by atoms with Crippen LogP contribution in [0.2, 0.25) is 0 Å². The average Bonchev–Trinajstić information content (AvgIpc) is 1.97. The Bertz CT molecular complexity index is 88.5. The Hall–Kier alpha value is -0.160. The lowest BCUT2D eigenvalue weighted by Crippen LogP contribution is -3.17. The molecule has 0 saturated heterocycles. The molecule has 0 aliphatic carbocycles. The smallest absolute Gasteiger partial charge is 0.128 e. The highest BCUT2D eigenvalue weighted by molar-refractivity contribution is 4.53. The number of ether oxygens (including phenoxy) is 1. The van der Waals surface area contributed by atoms with Gasteiger partial charge in [0.1, 0.15) is 12.6 Å². The molecule has 0 rings (SSSR count). The van der Waals surface area contributed by atoms with Gasteiger partial charge in [0.15, 0.2) is 0 Å². The van der Waals surface area contributed by atoms with Crippen LogP contribution < -0.4 is 11.0 Å². The second-order valence-corrected chi connectivity index (χ2v) is 2.70. The summed E-state index contributed by atoms with van der Waals surface area (Å²) in [5.74, 6) is 5.14. The van der Waals surface area contributed by atoms with Crippen molar-refractivity contribution in [2.45, 2.75) is 32.2 Å². The van der Waals surface area contributed by atoms with Gasteiger partial charge in [-0.3, -0.25) is 5.17 Å². The third-order valence-corrected chi connectivity index (χ3v) is 1.68. The molecule has 4 nitrogen and oxygen atoms in total. The quantitative estimate of drug-likeness (QED) is 0.407. The van der Waals surface area contributed by atoms with Gasteiger partial charge >= 0.3 is 0 Å². The van der Waals surface area contributed by atoms with Crippen LogP contribution in [0.3, 0.4) is 0 Å². The fraction of sp³-hybridized carbons (Fsp3) is 1.00. The molecule has 0 radical (unpaired) electrons. The predicted octanol–water partition coefficient (Wildman–Crippen LogP) is -0.552. The van der Waals surface area contributed by atoms with Crippen molar-refractivity contribution in [3.63, 3.8) is 0 Å². The standard InChI is InChI=1S/C7H18N2O2/c1-3-4-5-7(6-11-2)9(8)10/h7,9H,3-6,8H2,1-2H3. The van der Waals surface area contributed by atoms with Crippen LogP contribution in [0.15, 0.2) is 0 Å². The number of hydrogen-bond acceptors (Lipinski definition) is 3. The van der Waals surface area contributed by atoms with E-state index in [0.717, 1.165) is 19.3 Å². The first-order valence-electron chi connectivity index (χ1n) is 4.00. The summed E-state index contributed by atoms with van der Waals surface area (Å²) in [7, 11) is 1.59. The molecule has 0 aliphatic heterocycles. The zero-order valence-electron chi connectivity index (χ0n) is 7.30. The first-order chi connectivity index (χ1) is 5.22. The Morgan fingerprint density at radius 3 is 2.64 bits per heavy atom. The average molecular weight is 162 g/mol. The maximum atomic E-state index is 10.7. The maximum absolute atomic E-state index is 10.7. The van der Waals surface area contributed by atoms with E-state index in [4.69, 9.17) is 10.6 Å². The Kier molecular flexibility index (Phi) is 6.45. The first kappa shape index (κ1) is 10.8. The minimum absolute atomic E-state index is 0.0973. The van der Waals surface area contributed by atoms with Gasteiger partial charge in [0.25, 0.3) is 0 Å². The fourth-order valence-corrected chi connectivity index (χ4v) is 0.959. The number of methoxy groups -OCH3 is 1. The molecular formula is C7H18N2O2. The highest BCUT2D eigenvalue weighted by Gasteiger charge is 2.11. The Morgan fingerprint density at radius 2 is 2.27 bits per heavy atom. The third kappa shape index (κ3) is 5.15. The van der Waals surface area contributed by atoms with Crippen molar-refractivity contribution in [3.8, 4) is 0 Å². The van der Waals surface area contributed by atoms with Gasteiger partial charge in [-0.05, 0) is 6.42 Å². The highest BCUT2D eigenvalue weighted by Crippen LogP contribution is 1.97. The van der Waals surface area contributed by atoms with Gasteiger partial charge in [0, 0.05) is 13.5 Å². The summed E-state index contributed by atoms with van der Waals surface area (Å²) >= 11 is 0. The van der Waals surface area contributed by atoms with Crippen LogP contribution in [0.4, 0.5) is 0 Å². The van der Waals surface area contributed by atoms with Crippen LogP contribution in [0.5, 0.6) is 0 Å². The molecule has 3 N–H and O–H groups in total. The fourth-order valence-electron chi connectivity index (χ4n) is 0.959. The van der Waals surface area contributed by atoms with Crippen LogP contribution in [0.1, 0.15) is 26.2 Å². The maximum Gasteiger partial charge on any atom is 0.128 e. The van der Waals surface area contributed by atoms with E-state index in [1.807, 2.05) is 0 Å². The summed E-state index contributed by atoms with van der Waals surface area (Å²) in [5, 5.41) is 10.5. The molecule has 68 valence electrons. The van der Waals surface area contributed by atoms with E-state index in [-0.39, 0.29) is 11.2 Å². The Labute approximate surface area is 67.9 Å². The molecular weight excluding hydrogens is 144 g/mol. The molecule has 2 atom stereocenters. The number of rotatable bonds is 6. The van der Waals surface area contributed by atoms with Gasteiger partial charge < -0.3 is 9.94 Å². The number of unbranched alkanes of at least 4 members (excludes halogenated alkanes) is 1. The van der Waals surface area contributed by atoms with E-state index in [9.17, 15) is 5.21 Å². The third-order valence-electron chi connectivity index (χ3n) is 1.68. The van der Waals surface area contributed by atoms with Gasteiger partial charge in [0.2, 0.25) is 0 Å². The van der Waals surface area contributed by atoms with Crippen LogP contribution in [0, 0.1) is 5.21 Å². The van der Waals surface area contributed by atoms with Crippen LogP contribution >= 0.6 is 0 Å². The van der Waals surface area contributed by atoms with Gasteiger partial charge in [-0.25, -0.2) is 0 Å². The Morgan fingerprint density at radius 1 is 1.64 bits per heavy atom. The van der Waals surface area contributed by atoms with E-state index in [2.05, 4.69) is 6.92 Å². The molecule has 4 heteroatoms. The second kappa shape index (κ2) is 6.54. The van der Waals surface area contributed by atoms with Gasteiger partial charge in [-0.15, -0.1) is 0 Å². The van der Waals surface area contributed by atoms with E-state index in [0.29, 0.717) is 6.61 Å². The molecule has 0 bridgehead atoms. The summed E-state index contributed by atoms with van der Waals surface area (Å²) in [6.45, 7) is 2.54. The minimum atomic E-state index is -0.250. The normalized spacial score (nSPS) is 16.4. The van der Waals surface area contributed by atoms with Gasteiger partial charge in [-0.1, -0.05) is 13.3 Å². The minimum Gasteiger partial charge on any atom is -0.613 e. The molecule has 0 amide bonds. The number of nitrogens with two attached hydrogens (primary N) is 1. The number of quaternary nitrogens is 1. The largest absolute Gasteiger partial charge is 0.613 e. The number of nitrogens with one attached hydrogen (secondary N) is 1. The van der Waals surface area contributed by atoms with Crippen molar-refractivity contribution in [3.05, 3.63) is 5.21 Å². The lowest BCUT2D eigenvalue weighted by molar-refractivity contribution is -0.889. The second-order valence-electron chi connectivity index (χ2n) is 2.70. The highest BCUT2D eigenvalue weighted by atomic mass is 16.5. The van der Waals surface area contributed by atoms with Crippen molar-refractivity contribution in [1.29, 1.82) is 0 Å². The molecule has 0 aromatic rings. The molecule has 0 spiro atoms. The van der Waals surface area contributed by atoms with Crippen molar-refractivity contribution in [2.75, 3.05) is 13.7 Å². The monoisotopic (exact) mass is 162 g/mol. The molecule has 0 saturated carbocycles. The molecule has 0 fully saturated rings. The summed E-state index contributed by atoms with van der Waals surface area (Å²) in [6.07, 6.45) is 2.98. The topological polar surface area (TPSA) is 62.8 Å². The van der Waals surface area contributed by atoms with Gasteiger partial charge in [-0.2, -0.15) is 5.84 Å². The molecule has 0 aromatic carbocycles. The van der Waals surface area contributed by atoms with Crippen molar-refractivity contribution < 1.29 is 9.91 Å². The zero-order valence-corrected chi connectivity index (χ0v) is 7.30. The van der Waals surface area contributed by atoms with Crippen LogP contribution in [0.25, 0.3) is 0 Å². The summed E-state index contributed by atoms with van der Waals surface area (Å²) < 4.78 is 4.86. The van der Waals surface area contributed by atoms with Crippen molar-refractivity contribution in [1.82, 2.24) is 0 Å². The number of hydrogen-bond donors (Lipinski definition) is 2. The van der Waals surface area contributed by atoms with Crippen molar-refractivity contribution in [2.24, 2.45) is 5.84 Å². The van der Waals surface area contributed by atoms with E-state index in [1.54, 1.807) is 7.11 Å². The lowest BCUT2D eigenvalue weighted by atomic mass is 10.1. The zero-order chi connectivity index (χ0) is 8.69. The summed E-state index contributed by atoms with van der Waals surface area (Å²) in [6, 6.07) is -0.0973. The van der Waals surface area contributed by atoms with Gasteiger partial charge in [0.05, 0.1) is 0 Å². The Balaban J connectivity index is 3.51. The molecule has 11 heavy (non-hydrogen) atoms. The summed E-state index contributed by atoms with van der Waals surface area (Å²) in [5.41, 5.74) is 0. The van der Waals surface area contributed by atoms with Crippen molar-refractivity contribution >= 4 is 0 Å².